The van der Waals surface area contributed by atoms with E-state index in [1.807, 2.05) is 38.1 Å². The number of aromatic nitrogens is 2. The lowest BCUT2D eigenvalue weighted by Gasteiger charge is -2.14. The number of benzene rings is 2. The molecule has 1 N–H and O–H groups in total. The normalized spacial score (nSPS) is 12.2. The maximum Gasteiger partial charge on any atom is 0.272 e. The predicted octanol–water partition coefficient (Wildman–Crippen LogP) is 7.75. The average Bonchev–Trinajstić information content (AvgIpc) is 3.05. The van der Waals surface area contributed by atoms with Gasteiger partial charge in [-0.1, -0.05) is 73.6 Å². The molecule has 1 heterocycles. The van der Waals surface area contributed by atoms with Crippen LogP contribution in [0.4, 0.5) is 0 Å². The second kappa shape index (κ2) is 10.7. The van der Waals surface area contributed by atoms with E-state index in [9.17, 15) is 4.79 Å². The van der Waals surface area contributed by atoms with Gasteiger partial charge in [-0.3, -0.25) is 4.79 Å². The molecule has 1 unspecified atom stereocenters. The highest BCUT2D eigenvalue weighted by molar-refractivity contribution is 6.35. The van der Waals surface area contributed by atoms with Gasteiger partial charge in [0, 0.05) is 27.2 Å². The summed E-state index contributed by atoms with van der Waals surface area (Å²) in [5.41, 5.74) is 3.45. The van der Waals surface area contributed by atoms with Gasteiger partial charge in [0.05, 0.1) is 16.4 Å². The molecule has 1 atom stereocenters. The van der Waals surface area contributed by atoms with Crippen LogP contribution in [0.25, 0.3) is 16.9 Å². The van der Waals surface area contributed by atoms with Crippen LogP contribution in [0.5, 0.6) is 0 Å². The molecule has 1 aromatic heterocycles. The van der Waals surface area contributed by atoms with E-state index in [-0.39, 0.29) is 11.9 Å². The van der Waals surface area contributed by atoms with Crippen LogP contribution in [0.2, 0.25) is 15.1 Å². The van der Waals surface area contributed by atoms with Crippen LogP contribution in [0.1, 0.15) is 56.1 Å². The largest absolute Gasteiger partial charge is 0.348 e. The van der Waals surface area contributed by atoms with Gasteiger partial charge in [-0.15, -0.1) is 0 Å². The predicted molar refractivity (Wildman–Crippen MR) is 134 cm³/mol. The van der Waals surface area contributed by atoms with Gasteiger partial charge in [0.15, 0.2) is 5.69 Å². The van der Waals surface area contributed by atoms with Crippen molar-refractivity contribution in [3.8, 4) is 16.9 Å². The number of carbonyl (C=O) groups excluding carboxylic acids is 1. The maximum atomic E-state index is 13.1. The number of nitrogens with zero attached hydrogens (tertiary/aromatic N) is 2. The third-order valence-corrected chi connectivity index (χ3v) is 6.18. The van der Waals surface area contributed by atoms with Crippen molar-refractivity contribution in [2.45, 2.75) is 53.0 Å². The summed E-state index contributed by atoms with van der Waals surface area (Å²) in [6.07, 6.45) is 3.14. The van der Waals surface area contributed by atoms with Crippen LogP contribution in [-0.2, 0) is 0 Å². The molecule has 0 spiro atoms. The molecule has 170 valence electrons. The third-order valence-electron chi connectivity index (χ3n) is 5.39. The molecule has 0 bridgehead atoms. The molecule has 1 amide bonds. The van der Waals surface area contributed by atoms with Gasteiger partial charge in [0.1, 0.15) is 0 Å². The van der Waals surface area contributed by atoms with Crippen LogP contribution < -0.4 is 5.32 Å². The molecule has 3 rings (SSSR count). The first-order chi connectivity index (χ1) is 15.2. The van der Waals surface area contributed by atoms with Crippen molar-refractivity contribution < 1.29 is 4.79 Å². The van der Waals surface area contributed by atoms with Crippen LogP contribution in [-0.4, -0.2) is 21.7 Å². The summed E-state index contributed by atoms with van der Waals surface area (Å²) in [4.78, 5) is 13.1. The van der Waals surface area contributed by atoms with Gasteiger partial charge in [-0.25, -0.2) is 4.68 Å². The topological polar surface area (TPSA) is 46.9 Å². The number of carbonyl (C=O) groups is 1. The SMILES string of the molecule is Cc1c(C(=O)NC(C)CCCC(C)C)nn(-c2ccc(Cl)cc2Cl)c1-c1ccc(Cl)cc1. The quantitative estimate of drug-likeness (QED) is 0.349. The molecule has 0 saturated heterocycles. The first kappa shape index (κ1) is 24.6. The summed E-state index contributed by atoms with van der Waals surface area (Å²) in [5, 5.41) is 9.39. The van der Waals surface area contributed by atoms with Gasteiger partial charge in [-0.2, -0.15) is 5.10 Å². The molecule has 32 heavy (non-hydrogen) atoms. The highest BCUT2D eigenvalue weighted by Crippen LogP contribution is 2.33. The number of hydrogen-bond acceptors (Lipinski definition) is 2. The molecule has 7 heteroatoms. The van der Waals surface area contributed by atoms with Gasteiger partial charge in [0.25, 0.3) is 5.91 Å². The minimum Gasteiger partial charge on any atom is -0.348 e. The molecule has 0 saturated carbocycles. The minimum atomic E-state index is -0.196. The van der Waals surface area contributed by atoms with E-state index in [0.717, 1.165) is 36.1 Å². The average molecular weight is 493 g/mol. The zero-order valence-corrected chi connectivity index (χ0v) is 21.0. The zero-order chi connectivity index (χ0) is 23.4. The Labute approximate surface area is 204 Å². The monoisotopic (exact) mass is 491 g/mol. The highest BCUT2D eigenvalue weighted by Gasteiger charge is 2.24. The van der Waals surface area contributed by atoms with Crippen molar-refractivity contribution in [3.63, 3.8) is 0 Å². The molecule has 0 radical (unpaired) electrons. The lowest BCUT2D eigenvalue weighted by molar-refractivity contribution is 0.0931. The number of halogens is 3. The Morgan fingerprint density at radius 2 is 1.66 bits per heavy atom. The molecular formula is C25H28Cl3N3O. The lowest BCUT2D eigenvalue weighted by atomic mass is 10.0. The standard InChI is InChI=1S/C25H28Cl3N3O/c1-15(2)6-5-7-16(3)29-25(32)23-17(4)24(18-8-10-19(26)11-9-18)31(30-23)22-13-12-20(27)14-21(22)28/h8-16H,5-7H2,1-4H3,(H,29,32). The Morgan fingerprint density at radius 1 is 1.00 bits per heavy atom. The van der Waals surface area contributed by atoms with Crippen molar-refractivity contribution in [2.75, 3.05) is 0 Å². The fourth-order valence-corrected chi connectivity index (χ4v) is 4.30. The Morgan fingerprint density at radius 3 is 2.28 bits per heavy atom. The highest BCUT2D eigenvalue weighted by atomic mass is 35.5. The van der Waals surface area contributed by atoms with Crippen molar-refractivity contribution in [1.82, 2.24) is 15.1 Å². The van der Waals surface area contributed by atoms with Gasteiger partial charge < -0.3 is 5.32 Å². The first-order valence-corrected chi connectivity index (χ1v) is 11.9. The van der Waals surface area contributed by atoms with Gasteiger partial charge in [-0.05, 0) is 56.5 Å². The van der Waals surface area contributed by atoms with Crippen LogP contribution in [0.15, 0.2) is 42.5 Å². The number of rotatable bonds is 8. The smallest absolute Gasteiger partial charge is 0.272 e. The van der Waals surface area contributed by atoms with E-state index < -0.39 is 0 Å². The van der Waals surface area contributed by atoms with Crippen molar-refractivity contribution in [1.29, 1.82) is 0 Å². The molecule has 0 fully saturated rings. The van der Waals surface area contributed by atoms with Crippen LogP contribution >= 0.6 is 34.8 Å². The Hall–Kier alpha value is -2.01. The number of amides is 1. The van der Waals surface area contributed by atoms with Crippen LogP contribution in [0.3, 0.4) is 0 Å². The fourth-order valence-electron chi connectivity index (χ4n) is 3.68. The second-order valence-corrected chi connectivity index (χ2v) is 9.82. The Kier molecular flexibility index (Phi) is 8.26. The van der Waals surface area contributed by atoms with E-state index in [2.05, 4.69) is 24.3 Å². The summed E-state index contributed by atoms with van der Waals surface area (Å²) in [6, 6.07) is 12.7. The Bertz CT molecular complexity index is 1090. The lowest BCUT2D eigenvalue weighted by Crippen LogP contribution is -2.33. The third kappa shape index (κ3) is 5.86. The summed E-state index contributed by atoms with van der Waals surface area (Å²) in [5.74, 6) is 0.459. The summed E-state index contributed by atoms with van der Waals surface area (Å²) in [7, 11) is 0. The van der Waals surface area contributed by atoms with Crippen molar-refractivity contribution in [3.05, 3.63) is 68.8 Å². The molecule has 4 nitrogen and oxygen atoms in total. The summed E-state index contributed by atoms with van der Waals surface area (Å²) >= 11 is 18.7. The fraction of sp³-hybridized carbons (Fsp3) is 0.360. The van der Waals surface area contributed by atoms with E-state index >= 15 is 0 Å². The molecular weight excluding hydrogens is 465 g/mol. The first-order valence-electron chi connectivity index (χ1n) is 10.8. The zero-order valence-electron chi connectivity index (χ0n) is 18.8. The molecule has 0 aliphatic carbocycles. The maximum absolute atomic E-state index is 13.1. The minimum absolute atomic E-state index is 0.0592. The van der Waals surface area contributed by atoms with Crippen molar-refractivity contribution in [2.24, 2.45) is 5.92 Å². The Balaban J connectivity index is 1.99. The van der Waals surface area contributed by atoms with Gasteiger partial charge >= 0.3 is 0 Å². The summed E-state index contributed by atoms with van der Waals surface area (Å²) < 4.78 is 1.70. The molecule has 2 aromatic carbocycles. The van der Waals surface area contributed by atoms with E-state index in [0.29, 0.717) is 32.4 Å². The van der Waals surface area contributed by atoms with Crippen LogP contribution in [0, 0.1) is 12.8 Å². The molecule has 3 aromatic rings. The van der Waals surface area contributed by atoms with Crippen molar-refractivity contribution >= 4 is 40.7 Å². The second-order valence-electron chi connectivity index (χ2n) is 8.54. The summed E-state index contributed by atoms with van der Waals surface area (Å²) in [6.45, 7) is 8.34. The van der Waals surface area contributed by atoms with Gasteiger partial charge in [0.2, 0.25) is 0 Å². The number of nitrogens with one attached hydrogen (secondary N) is 1. The number of hydrogen-bond donors (Lipinski definition) is 1. The van der Waals surface area contributed by atoms with E-state index in [4.69, 9.17) is 34.8 Å². The van der Waals surface area contributed by atoms with E-state index in [1.54, 1.807) is 22.9 Å². The van der Waals surface area contributed by atoms with E-state index in [1.165, 1.54) is 0 Å². The molecule has 0 aliphatic heterocycles. The molecule has 0 aliphatic rings.